The molecule has 4 nitrogen and oxygen atoms in total. The molecule has 0 aliphatic heterocycles. The summed E-state index contributed by atoms with van der Waals surface area (Å²) in [5.74, 6) is 0. The molecular weight excluding hydrogens is 392 g/mol. The fourth-order valence-corrected chi connectivity index (χ4v) is 0. The van der Waals surface area contributed by atoms with Gasteiger partial charge in [0.1, 0.15) is 0 Å². The monoisotopic (exact) mass is 424 g/mol. The molecule has 110 valence electrons. The van der Waals surface area contributed by atoms with E-state index in [9.17, 15) is 0 Å². The van der Waals surface area contributed by atoms with Crippen molar-refractivity contribution < 1.29 is 41.5 Å². The van der Waals surface area contributed by atoms with Gasteiger partial charge in [-0.15, -0.1) is 0 Å². The Hall–Kier alpha value is 0.528. The molecule has 0 unspecified atom stereocenters. The molecule has 0 aromatic rings. The molecule has 0 aromatic heterocycles. The smallest absolute Gasteiger partial charge is 0.0428 e. The second kappa shape index (κ2) is 54.8. The predicted octanol–water partition coefficient (Wildman–Crippen LogP) is 1.55. The minimum atomic E-state index is 0. The Morgan fingerprint density at radius 3 is 0.529 bits per heavy atom. The van der Waals surface area contributed by atoms with Crippen LogP contribution >= 0.6 is 0 Å². The summed E-state index contributed by atoms with van der Waals surface area (Å²) in [6.07, 6.45) is 3.50. The molecule has 4 N–H and O–H groups in total. The van der Waals surface area contributed by atoms with Gasteiger partial charge in [0.25, 0.3) is 0 Å². The molecule has 0 saturated heterocycles. The summed E-state index contributed by atoms with van der Waals surface area (Å²) in [5.41, 5.74) is 0. The van der Waals surface area contributed by atoms with Gasteiger partial charge in [0.05, 0.1) is 0 Å². The fraction of sp³-hybridized carbons (Fsp3) is 1.00. The molecule has 0 aliphatic rings. The zero-order valence-corrected chi connectivity index (χ0v) is 14.8. The van der Waals surface area contributed by atoms with Gasteiger partial charge < -0.3 is 20.4 Å². The number of hydrogen-bond acceptors (Lipinski definition) is 4. The van der Waals surface area contributed by atoms with Crippen LogP contribution in [0.1, 0.15) is 53.4 Å². The topological polar surface area (TPSA) is 80.9 Å². The first kappa shape index (κ1) is 30.5. The molecule has 0 heterocycles. The standard InChI is InChI=1S/4C3H8O.W/c4*1-2-3-4;/h4*4H,2-3H2,1H3;. The van der Waals surface area contributed by atoms with Crippen LogP contribution in [0.4, 0.5) is 0 Å². The van der Waals surface area contributed by atoms with E-state index in [1.54, 1.807) is 0 Å². The molecule has 0 bridgehead atoms. The van der Waals surface area contributed by atoms with Crippen molar-refractivity contribution in [1.29, 1.82) is 0 Å². The van der Waals surface area contributed by atoms with Crippen LogP contribution in [0.15, 0.2) is 0 Å². The Labute approximate surface area is 121 Å². The van der Waals surface area contributed by atoms with Gasteiger partial charge >= 0.3 is 0 Å². The molecule has 0 fully saturated rings. The van der Waals surface area contributed by atoms with Crippen LogP contribution in [0.25, 0.3) is 0 Å². The maximum absolute atomic E-state index is 7.88. The van der Waals surface area contributed by atoms with E-state index >= 15 is 0 Å². The molecule has 17 heavy (non-hydrogen) atoms. The minimum absolute atomic E-state index is 0. The molecule has 0 spiro atoms. The Morgan fingerprint density at radius 2 is 0.529 bits per heavy atom. The third-order valence-electron chi connectivity index (χ3n) is 0.894. The van der Waals surface area contributed by atoms with Crippen molar-refractivity contribution in [2.24, 2.45) is 0 Å². The van der Waals surface area contributed by atoms with Crippen LogP contribution in [-0.2, 0) is 21.1 Å². The van der Waals surface area contributed by atoms with Crippen molar-refractivity contribution in [1.82, 2.24) is 0 Å². The molecule has 0 amide bonds. The molecule has 0 atom stereocenters. The zero-order valence-electron chi connectivity index (χ0n) is 11.9. The quantitative estimate of drug-likeness (QED) is 0.553. The molecule has 0 saturated carbocycles. The van der Waals surface area contributed by atoms with E-state index in [4.69, 9.17) is 20.4 Å². The van der Waals surface area contributed by atoms with Crippen molar-refractivity contribution in [2.75, 3.05) is 26.4 Å². The third-order valence-corrected chi connectivity index (χ3v) is 0.894. The first-order chi connectivity index (χ1) is 7.66. The average Bonchev–Trinajstić information content (AvgIpc) is 2.39. The number of hydrogen-bond donors (Lipinski definition) is 4. The van der Waals surface area contributed by atoms with Gasteiger partial charge in [-0.1, -0.05) is 27.7 Å². The van der Waals surface area contributed by atoms with Crippen molar-refractivity contribution >= 4 is 0 Å². The van der Waals surface area contributed by atoms with E-state index in [0.29, 0.717) is 26.4 Å². The summed E-state index contributed by atoms with van der Waals surface area (Å²) in [6.45, 7) is 9.00. The van der Waals surface area contributed by atoms with E-state index in [0.717, 1.165) is 25.7 Å². The van der Waals surface area contributed by atoms with Crippen LogP contribution in [0.3, 0.4) is 0 Å². The normalized spacial score (nSPS) is 7.06. The summed E-state index contributed by atoms with van der Waals surface area (Å²) in [5, 5.41) is 31.5. The van der Waals surface area contributed by atoms with E-state index in [-0.39, 0.29) is 21.1 Å². The van der Waals surface area contributed by atoms with Crippen molar-refractivity contribution in [3.05, 3.63) is 0 Å². The Bertz CT molecular complexity index is 42.5. The van der Waals surface area contributed by atoms with Gasteiger partial charge in [0.2, 0.25) is 0 Å². The Balaban J connectivity index is -0.0000000369. The maximum atomic E-state index is 7.88. The van der Waals surface area contributed by atoms with Crippen molar-refractivity contribution in [3.8, 4) is 0 Å². The van der Waals surface area contributed by atoms with Crippen LogP contribution in [0.2, 0.25) is 0 Å². The Kier molecular flexibility index (Phi) is 98.3. The maximum Gasteiger partial charge on any atom is 0.0428 e. The van der Waals surface area contributed by atoms with E-state index < -0.39 is 0 Å². The number of aliphatic hydroxyl groups excluding tert-OH is 4. The SMILES string of the molecule is CCCO.CCCO.CCCO.CCCO.[W]. The van der Waals surface area contributed by atoms with E-state index in [1.165, 1.54) is 0 Å². The van der Waals surface area contributed by atoms with Gasteiger partial charge in [0.15, 0.2) is 0 Å². The van der Waals surface area contributed by atoms with Gasteiger partial charge in [0, 0.05) is 47.5 Å². The van der Waals surface area contributed by atoms with E-state index in [1.807, 2.05) is 27.7 Å². The van der Waals surface area contributed by atoms with Gasteiger partial charge in [-0.25, -0.2) is 0 Å². The second-order valence-electron chi connectivity index (χ2n) is 2.89. The zero-order chi connectivity index (χ0) is 13.7. The van der Waals surface area contributed by atoms with Crippen LogP contribution in [-0.4, -0.2) is 46.9 Å². The molecule has 5 heteroatoms. The van der Waals surface area contributed by atoms with Crippen LogP contribution < -0.4 is 0 Å². The average molecular weight is 424 g/mol. The minimum Gasteiger partial charge on any atom is -0.396 e. The summed E-state index contributed by atoms with van der Waals surface area (Å²) in [4.78, 5) is 0. The summed E-state index contributed by atoms with van der Waals surface area (Å²) < 4.78 is 0. The van der Waals surface area contributed by atoms with Crippen LogP contribution in [0, 0.1) is 0 Å². The molecular formula is C12H32O4W. The molecule has 0 rings (SSSR count). The van der Waals surface area contributed by atoms with Crippen molar-refractivity contribution in [3.63, 3.8) is 0 Å². The third kappa shape index (κ3) is 170. The molecule has 0 aliphatic carbocycles. The summed E-state index contributed by atoms with van der Waals surface area (Å²) in [7, 11) is 0. The van der Waals surface area contributed by atoms with Gasteiger partial charge in [-0.2, -0.15) is 0 Å². The number of aliphatic hydroxyl groups is 4. The van der Waals surface area contributed by atoms with Gasteiger partial charge in [-0.3, -0.25) is 0 Å². The summed E-state index contributed by atoms with van der Waals surface area (Å²) >= 11 is 0. The molecule has 0 radical (unpaired) electrons. The number of rotatable bonds is 4. The van der Waals surface area contributed by atoms with E-state index in [2.05, 4.69) is 0 Å². The molecule has 0 aromatic carbocycles. The van der Waals surface area contributed by atoms with Crippen molar-refractivity contribution in [2.45, 2.75) is 53.4 Å². The Morgan fingerprint density at radius 1 is 0.471 bits per heavy atom. The predicted molar refractivity (Wildman–Crippen MR) is 69.5 cm³/mol. The summed E-state index contributed by atoms with van der Waals surface area (Å²) in [6, 6.07) is 0. The second-order valence-corrected chi connectivity index (χ2v) is 2.89. The first-order valence-corrected chi connectivity index (χ1v) is 6.09. The largest absolute Gasteiger partial charge is 0.396 e. The van der Waals surface area contributed by atoms with Gasteiger partial charge in [-0.05, 0) is 25.7 Å². The first-order valence-electron chi connectivity index (χ1n) is 6.09. The van der Waals surface area contributed by atoms with Crippen LogP contribution in [0.5, 0.6) is 0 Å². The fourth-order valence-electron chi connectivity index (χ4n) is 0.